The van der Waals surface area contributed by atoms with E-state index in [0.29, 0.717) is 0 Å². The highest BCUT2D eigenvalue weighted by Crippen LogP contribution is 2.22. The Bertz CT molecular complexity index is 370. The van der Waals surface area contributed by atoms with Gasteiger partial charge in [-0.3, -0.25) is 10.4 Å². The van der Waals surface area contributed by atoms with Gasteiger partial charge in [0.1, 0.15) is 0 Å². The molecule has 0 amide bonds. The average molecular weight is 233 g/mol. The van der Waals surface area contributed by atoms with E-state index in [-0.39, 0.29) is 23.5 Å². The quantitative estimate of drug-likeness (QED) is 0.710. The van der Waals surface area contributed by atoms with Gasteiger partial charge in [0.25, 0.3) is 11.8 Å². The van der Waals surface area contributed by atoms with Crippen LogP contribution in [-0.2, 0) is 0 Å². The standard InChI is InChI=1S/C9H16N4O.ClH/c1-9(2)5-3-4-6-12(9)13-7-8(10)14-11-13;/h7,10H,3-6H2,1-2H3;1H. The molecule has 0 aromatic carbocycles. The van der Waals surface area contributed by atoms with Crippen LogP contribution in [0.3, 0.4) is 0 Å². The van der Waals surface area contributed by atoms with E-state index in [1.807, 2.05) is 0 Å². The van der Waals surface area contributed by atoms with E-state index in [4.69, 9.17) is 9.93 Å². The fourth-order valence-electron chi connectivity index (χ4n) is 1.98. The van der Waals surface area contributed by atoms with Crippen LogP contribution >= 0.6 is 12.4 Å². The average Bonchev–Trinajstić information content (AvgIpc) is 2.51. The summed E-state index contributed by atoms with van der Waals surface area (Å²) >= 11 is 0. The van der Waals surface area contributed by atoms with Gasteiger partial charge < -0.3 is 4.52 Å². The van der Waals surface area contributed by atoms with Crippen molar-refractivity contribution in [3.63, 3.8) is 0 Å². The fraction of sp³-hybridized carbons (Fsp3) is 0.778. The van der Waals surface area contributed by atoms with Crippen molar-refractivity contribution in [2.75, 3.05) is 11.6 Å². The summed E-state index contributed by atoms with van der Waals surface area (Å²) in [6, 6.07) is 0. The smallest absolute Gasteiger partial charge is 0.286 e. The first-order valence-electron chi connectivity index (χ1n) is 4.98. The number of nitrogens with one attached hydrogen (secondary N) is 1. The summed E-state index contributed by atoms with van der Waals surface area (Å²) in [6.07, 6.45) is 5.19. The molecule has 1 aromatic rings. The van der Waals surface area contributed by atoms with E-state index >= 15 is 0 Å². The molecule has 5 nitrogen and oxygen atoms in total. The molecule has 2 heterocycles. The molecule has 0 spiro atoms. The molecule has 0 saturated carbocycles. The van der Waals surface area contributed by atoms with Gasteiger partial charge in [0, 0.05) is 12.1 Å². The summed E-state index contributed by atoms with van der Waals surface area (Å²) in [7, 11) is 0. The lowest BCUT2D eigenvalue weighted by atomic mass is 9.92. The topological polar surface area (TPSA) is 58.2 Å². The van der Waals surface area contributed by atoms with Gasteiger partial charge in [0.05, 0.1) is 0 Å². The second kappa shape index (κ2) is 4.26. The van der Waals surface area contributed by atoms with Crippen LogP contribution in [0.2, 0.25) is 0 Å². The maximum Gasteiger partial charge on any atom is 0.286 e. The summed E-state index contributed by atoms with van der Waals surface area (Å²) in [5.74, 6) is 0. The van der Waals surface area contributed by atoms with Crippen molar-refractivity contribution < 1.29 is 9.31 Å². The molecule has 1 aliphatic rings. The molecule has 1 fully saturated rings. The Morgan fingerprint density at radius 3 is 2.80 bits per heavy atom. The Labute approximate surface area is 94.9 Å². The molecule has 86 valence electrons. The maximum absolute atomic E-state index is 7.29. The predicted octanol–water partition coefficient (Wildman–Crippen LogP) is 0.326. The monoisotopic (exact) mass is 232 g/mol. The highest BCUT2D eigenvalue weighted by molar-refractivity contribution is 5.85. The lowest BCUT2D eigenvalue weighted by Crippen LogP contribution is -2.70. The summed E-state index contributed by atoms with van der Waals surface area (Å²) in [5.41, 5.74) is 0.207. The van der Waals surface area contributed by atoms with Crippen LogP contribution in [0.15, 0.2) is 10.7 Å². The number of rotatable bonds is 1. The van der Waals surface area contributed by atoms with Gasteiger partial charge in [-0.15, -0.1) is 12.4 Å². The number of piperidine rings is 1. The number of aromatic nitrogens is 2. The maximum atomic E-state index is 7.29. The van der Waals surface area contributed by atoms with E-state index in [1.165, 1.54) is 12.8 Å². The molecule has 6 heteroatoms. The lowest BCUT2D eigenvalue weighted by molar-refractivity contribution is -0.771. The third-order valence-corrected chi connectivity index (χ3v) is 2.81. The minimum atomic E-state index is 0. The van der Waals surface area contributed by atoms with Gasteiger partial charge in [0.15, 0.2) is 0 Å². The first kappa shape index (κ1) is 12.1. The van der Waals surface area contributed by atoms with E-state index in [0.717, 1.165) is 13.0 Å². The predicted molar refractivity (Wildman–Crippen MR) is 56.3 cm³/mol. The van der Waals surface area contributed by atoms with Crippen molar-refractivity contribution in [3.8, 4) is 0 Å². The zero-order valence-electron chi connectivity index (χ0n) is 9.06. The Hall–Kier alpha value is -0.970. The Balaban J connectivity index is 0.00000112. The highest BCUT2D eigenvalue weighted by atomic mass is 35.5. The summed E-state index contributed by atoms with van der Waals surface area (Å²) in [4.78, 5) is 1.65. The lowest BCUT2D eigenvalue weighted by Gasteiger charge is -2.42. The molecule has 1 aromatic heterocycles. The minimum absolute atomic E-state index is 0. The van der Waals surface area contributed by atoms with Crippen LogP contribution in [0.5, 0.6) is 0 Å². The van der Waals surface area contributed by atoms with Crippen LogP contribution in [0, 0.1) is 5.41 Å². The van der Waals surface area contributed by atoms with Crippen molar-refractivity contribution in [2.24, 2.45) is 0 Å². The molecular weight excluding hydrogens is 216 g/mol. The summed E-state index contributed by atoms with van der Waals surface area (Å²) < 4.78 is 4.75. The third-order valence-electron chi connectivity index (χ3n) is 2.81. The van der Waals surface area contributed by atoms with E-state index in [2.05, 4.69) is 24.1 Å². The van der Waals surface area contributed by atoms with Gasteiger partial charge in [-0.2, -0.15) is 0 Å². The normalized spacial score (nSPS) is 19.7. The molecular formula is C9H17ClN4O. The molecule has 1 N–H and O–H groups in total. The van der Waals surface area contributed by atoms with Crippen molar-refractivity contribution in [2.45, 2.75) is 38.6 Å². The molecule has 15 heavy (non-hydrogen) atoms. The second-order valence-electron chi connectivity index (χ2n) is 4.38. The highest BCUT2D eigenvalue weighted by Gasteiger charge is 2.30. The molecule has 1 aliphatic heterocycles. The summed E-state index contributed by atoms with van der Waals surface area (Å²) in [6.45, 7) is 5.36. The van der Waals surface area contributed by atoms with Gasteiger partial charge in [-0.05, 0) is 18.1 Å². The van der Waals surface area contributed by atoms with E-state index in [1.54, 1.807) is 11.0 Å². The number of nitrogens with zero attached hydrogens (tertiary/aromatic N) is 3. The zero-order chi connectivity index (χ0) is 10.2. The Morgan fingerprint density at radius 2 is 2.27 bits per heavy atom. The Morgan fingerprint density at radius 1 is 1.53 bits per heavy atom. The summed E-state index contributed by atoms with van der Waals surface area (Å²) in [5, 5.41) is 13.3. The largest absolute Gasteiger partial charge is 0.380 e. The molecule has 1 saturated heterocycles. The molecule has 0 atom stereocenters. The van der Waals surface area contributed by atoms with Crippen LogP contribution in [-0.4, -0.2) is 12.1 Å². The van der Waals surface area contributed by atoms with Crippen molar-refractivity contribution in [3.05, 3.63) is 11.8 Å². The molecule has 0 bridgehead atoms. The molecule has 0 aliphatic carbocycles. The number of halogens is 1. The van der Waals surface area contributed by atoms with Crippen molar-refractivity contribution >= 4 is 12.4 Å². The number of hydrogen-bond donors (Lipinski definition) is 1. The molecule has 2 rings (SSSR count). The SMILES string of the molecule is CC1(C)CCCCN1[n+]1cc(=N)o[n-]1.Cl. The molecule has 0 unspecified atom stereocenters. The van der Waals surface area contributed by atoms with Crippen molar-refractivity contribution in [1.29, 1.82) is 5.41 Å². The first-order chi connectivity index (χ1) is 6.59. The van der Waals surface area contributed by atoms with E-state index in [9.17, 15) is 0 Å². The van der Waals surface area contributed by atoms with Crippen molar-refractivity contribution in [1.82, 2.24) is 5.27 Å². The minimum Gasteiger partial charge on any atom is -0.380 e. The van der Waals surface area contributed by atoms with Gasteiger partial charge >= 0.3 is 0 Å². The first-order valence-corrected chi connectivity index (χ1v) is 4.98. The third kappa shape index (κ3) is 2.34. The van der Waals surface area contributed by atoms with Crippen LogP contribution in [0.1, 0.15) is 33.1 Å². The van der Waals surface area contributed by atoms with Crippen LogP contribution in [0.4, 0.5) is 0 Å². The van der Waals surface area contributed by atoms with Gasteiger partial charge in [-0.1, -0.05) is 25.1 Å². The second-order valence-corrected chi connectivity index (χ2v) is 4.38. The number of hydrogen-bond acceptors (Lipinski definition) is 3. The molecule has 0 radical (unpaired) electrons. The van der Waals surface area contributed by atoms with Crippen LogP contribution in [0.25, 0.3) is 0 Å². The zero-order valence-corrected chi connectivity index (χ0v) is 9.88. The van der Waals surface area contributed by atoms with Gasteiger partial charge in [0.2, 0.25) is 0 Å². The Kier molecular flexibility index (Phi) is 3.44. The van der Waals surface area contributed by atoms with Crippen LogP contribution < -0.4 is 20.6 Å². The van der Waals surface area contributed by atoms with Gasteiger partial charge in [-0.25, -0.2) is 0 Å². The van der Waals surface area contributed by atoms with E-state index < -0.39 is 0 Å². The fourth-order valence-corrected chi connectivity index (χ4v) is 1.98.